The van der Waals surface area contributed by atoms with Gasteiger partial charge in [-0.2, -0.15) is 0 Å². The maximum absolute atomic E-state index is 10.4. The normalized spacial score (nSPS) is 34.8. The van der Waals surface area contributed by atoms with Gasteiger partial charge in [-0.1, -0.05) is 0 Å². The summed E-state index contributed by atoms with van der Waals surface area (Å²) in [4.78, 5) is 0. The van der Waals surface area contributed by atoms with Gasteiger partial charge in [-0.05, 0) is 0 Å². The zero-order chi connectivity index (χ0) is 22.9. The third-order valence-corrected chi connectivity index (χ3v) is 4.73. The van der Waals surface area contributed by atoms with Gasteiger partial charge in [0.05, 0.1) is 99.1 Å². The number of fused-ring (bicyclic) bond motifs is 23. The van der Waals surface area contributed by atoms with E-state index in [4.69, 9.17) is 42.6 Å². The van der Waals surface area contributed by atoms with E-state index in [0.29, 0.717) is 66.1 Å². The van der Waals surface area contributed by atoms with Gasteiger partial charge in [-0.3, -0.25) is 0 Å². The number of rotatable bonds is 1. The molecule has 12 nitrogen and oxygen atoms in total. The summed E-state index contributed by atoms with van der Waals surface area (Å²) in [6.07, 6.45) is -5.49. The van der Waals surface area contributed by atoms with Gasteiger partial charge in [-0.15, -0.1) is 0 Å². The molecule has 0 aromatic heterocycles. The van der Waals surface area contributed by atoms with Crippen molar-refractivity contribution in [2.45, 2.75) is 30.7 Å². The second-order valence-electron chi connectivity index (χ2n) is 7.09. The number of aliphatic hydroxyl groups excluding tert-OH is 3. The molecular weight excluding hydrogens is 432 g/mol. The second-order valence-corrected chi connectivity index (χ2v) is 7.09. The summed E-state index contributed by atoms with van der Waals surface area (Å²) in [6, 6.07) is 0. The van der Waals surface area contributed by atoms with E-state index >= 15 is 0 Å². The van der Waals surface area contributed by atoms with Crippen LogP contribution in [0.15, 0.2) is 0 Å². The molecule has 0 aromatic rings. The Labute approximate surface area is 188 Å². The van der Waals surface area contributed by atoms with Gasteiger partial charge < -0.3 is 58.0 Å². The van der Waals surface area contributed by atoms with E-state index in [2.05, 4.69) is 0 Å². The van der Waals surface area contributed by atoms with Crippen LogP contribution in [0.2, 0.25) is 0 Å². The summed E-state index contributed by atoms with van der Waals surface area (Å²) in [6.45, 7) is 4.79. The highest BCUT2D eigenvalue weighted by atomic mass is 16.7. The van der Waals surface area contributed by atoms with E-state index in [0.717, 1.165) is 0 Å². The fraction of sp³-hybridized carbons (Fsp3) is 1.00. The molecule has 0 radical (unpaired) electrons. The Kier molecular flexibility index (Phi) is 15.6. The van der Waals surface area contributed by atoms with Crippen molar-refractivity contribution in [2.75, 3.05) is 99.1 Å². The molecule has 32 heavy (non-hydrogen) atoms. The van der Waals surface area contributed by atoms with Gasteiger partial charge in [-0.25, -0.2) is 0 Å². The zero-order valence-electron chi connectivity index (χ0n) is 18.5. The molecule has 3 saturated heterocycles. The number of hydrogen-bond acceptors (Lipinski definition) is 12. The van der Waals surface area contributed by atoms with Crippen LogP contribution in [-0.4, -0.2) is 145 Å². The maximum Gasteiger partial charge on any atom is 0.186 e. The SMILES string of the molecule is OC[C@H]1O[C@@H]2OCCOCCOCCOCCOCCOCCOCCO[C@H]1[C@H](O)[C@H]2O. The summed E-state index contributed by atoms with van der Waals surface area (Å²) in [7, 11) is 0. The van der Waals surface area contributed by atoms with E-state index in [1.807, 2.05) is 0 Å². The molecule has 3 rings (SSSR count). The molecule has 3 heterocycles. The predicted octanol–water partition coefficient (Wildman–Crippen LogP) is -2.06. The molecule has 5 atom stereocenters. The minimum absolute atomic E-state index is 0.136. The third-order valence-electron chi connectivity index (χ3n) is 4.73. The van der Waals surface area contributed by atoms with E-state index in [9.17, 15) is 15.3 Å². The first-order chi connectivity index (χ1) is 15.7. The van der Waals surface area contributed by atoms with Gasteiger partial charge in [0.1, 0.15) is 24.4 Å². The molecular formula is C20H38O12. The topological polar surface area (TPSA) is 144 Å². The lowest BCUT2D eigenvalue weighted by Gasteiger charge is -2.41. The van der Waals surface area contributed by atoms with Gasteiger partial charge in [0.25, 0.3) is 0 Å². The number of hydrogen-bond donors (Lipinski definition) is 3. The van der Waals surface area contributed by atoms with Crippen LogP contribution in [0.1, 0.15) is 0 Å². The Balaban J connectivity index is 1.75. The Morgan fingerprint density at radius 2 is 0.875 bits per heavy atom. The number of ether oxygens (including phenoxy) is 9. The third kappa shape index (κ3) is 11.1. The summed E-state index contributed by atoms with van der Waals surface area (Å²) < 4.78 is 49.1. The van der Waals surface area contributed by atoms with Crippen LogP contribution in [0, 0.1) is 0 Å². The molecule has 12 heteroatoms. The minimum Gasteiger partial charge on any atom is -0.394 e. The van der Waals surface area contributed by atoms with Crippen LogP contribution in [0.25, 0.3) is 0 Å². The quantitative estimate of drug-likeness (QED) is 0.363. The van der Waals surface area contributed by atoms with E-state index in [1.54, 1.807) is 0 Å². The lowest BCUT2D eigenvalue weighted by molar-refractivity contribution is -0.309. The van der Waals surface area contributed by atoms with E-state index in [1.165, 1.54) is 0 Å². The molecule has 190 valence electrons. The van der Waals surface area contributed by atoms with Crippen molar-refractivity contribution in [3.63, 3.8) is 0 Å². The standard InChI is InChI=1S/C20H38O12/c21-15-16-19-17(22)18(23)20(32-16)31-14-12-29-10-8-27-6-4-25-2-1-24-3-5-26-7-9-28-11-13-30-19/h16-23H,1-15H2/t16-,17-,18-,19-,20+/m1/s1. The van der Waals surface area contributed by atoms with Crippen LogP contribution >= 0.6 is 0 Å². The average Bonchev–Trinajstić information content (AvgIpc) is 2.80. The van der Waals surface area contributed by atoms with Crippen molar-refractivity contribution in [3.8, 4) is 0 Å². The average molecular weight is 471 g/mol. The van der Waals surface area contributed by atoms with Crippen molar-refractivity contribution in [1.82, 2.24) is 0 Å². The lowest BCUT2D eigenvalue weighted by atomic mass is 9.99. The van der Waals surface area contributed by atoms with Crippen LogP contribution in [-0.2, 0) is 42.6 Å². The molecule has 0 aromatic carbocycles. The van der Waals surface area contributed by atoms with Gasteiger partial charge in [0.2, 0.25) is 0 Å². The molecule has 0 unspecified atom stereocenters. The first kappa shape index (κ1) is 27.8. The zero-order valence-corrected chi connectivity index (χ0v) is 18.5. The lowest BCUT2D eigenvalue weighted by Crippen LogP contribution is -2.60. The van der Waals surface area contributed by atoms with Crippen molar-refractivity contribution in [1.29, 1.82) is 0 Å². The smallest absolute Gasteiger partial charge is 0.186 e. The van der Waals surface area contributed by atoms with Gasteiger partial charge >= 0.3 is 0 Å². The molecule has 0 amide bonds. The highest BCUT2D eigenvalue weighted by molar-refractivity contribution is 4.90. The van der Waals surface area contributed by atoms with Crippen molar-refractivity contribution in [2.24, 2.45) is 0 Å². The van der Waals surface area contributed by atoms with Crippen LogP contribution in [0.3, 0.4) is 0 Å². The highest BCUT2D eigenvalue weighted by Crippen LogP contribution is 2.24. The first-order valence-corrected chi connectivity index (χ1v) is 11.1. The van der Waals surface area contributed by atoms with Crippen LogP contribution in [0.5, 0.6) is 0 Å². The highest BCUT2D eigenvalue weighted by Gasteiger charge is 2.45. The molecule has 0 spiro atoms. The second kappa shape index (κ2) is 17.9. The molecule has 3 aliphatic rings. The first-order valence-electron chi connectivity index (χ1n) is 11.1. The molecule has 3 fully saturated rings. The molecule has 0 saturated carbocycles. The van der Waals surface area contributed by atoms with E-state index < -0.39 is 37.3 Å². The molecule has 2 bridgehead atoms. The maximum atomic E-state index is 10.4. The fourth-order valence-corrected chi connectivity index (χ4v) is 3.06. The Bertz CT molecular complexity index is 439. The summed E-state index contributed by atoms with van der Waals surface area (Å²) in [5, 5.41) is 30.3. The van der Waals surface area contributed by atoms with Crippen molar-refractivity contribution in [3.05, 3.63) is 0 Å². The van der Waals surface area contributed by atoms with Crippen molar-refractivity contribution >= 4 is 0 Å². The fourth-order valence-electron chi connectivity index (χ4n) is 3.06. The van der Waals surface area contributed by atoms with Crippen LogP contribution < -0.4 is 0 Å². The summed E-state index contributed by atoms with van der Waals surface area (Å²) >= 11 is 0. The van der Waals surface area contributed by atoms with E-state index in [-0.39, 0.29) is 26.4 Å². The monoisotopic (exact) mass is 470 g/mol. The van der Waals surface area contributed by atoms with Crippen molar-refractivity contribution < 1.29 is 58.0 Å². The summed E-state index contributed by atoms with van der Waals surface area (Å²) in [5.41, 5.74) is 0. The van der Waals surface area contributed by atoms with Gasteiger partial charge in [0, 0.05) is 0 Å². The molecule has 3 aliphatic heterocycles. The predicted molar refractivity (Wildman–Crippen MR) is 108 cm³/mol. The Morgan fingerprint density at radius 1 is 0.500 bits per heavy atom. The Morgan fingerprint density at radius 3 is 1.28 bits per heavy atom. The molecule has 0 aliphatic carbocycles. The summed E-state index contributed by atoms with van der Waals surface area (Å²) in [5.74, 6) is 0. The van der Waals surface area contributed by atoms with Crippen LogP contribution in [0.4, 0.5) is 0 Å². The van der Waals surface area contributed by atoms with Gasteiger partial charge in [0.15, 0.2) is 6.29 Å². The molecule has 3 N–H and O–H groups in total. The minimum atomic E-state index is -1.33. The Hall–Kier alpha value is -0.480. The largest absolute Gasteiger partial charge is 0.394 e. The number of aliphatic hydroxyl groups is 3.